The Bertz CT molecular complexity index is 565. The second-order valence-electron chi connectivity index (χ2n) is 4.69. The van der Waals surface area contributed by atoms with Gasteiger partial charge in [-0.15, -0.1) is 11.3 Å². The molecule has 0 aliphatic rings. The van der Waals surface area contributed by atoms with Gasteiger partial charge in [0.25, 0.3) is 0 Å². The third-order valence-electron chi connectivity index (χ3n) is 3.21. The lowest BCUT2D eigenvalue weighted by molar-refractivity contribution is 0.606. The lowest BCUT2D eigenvalue weighted by Crippen LogP contribution is -2.22. The van der Waals surface area contributed by atoms with Gasteiger partial charge >= 0.3 is 0 Å². The highest BCUT2D eigenvalue weighted by molar-refractivity contribution is 7.12. The van der Waals surface area contributed by atoms with E-state index in [9.17, 15) is 0 Å². The second kappa shape index (κ2) is 7.46. The summed E-state index contributed by atoms with van der Waals surface area (Å²) in [5.41, 5.74) is 1.05. The largest absolute Gasteiger partial charge is 0.306 e. The molecule has 20 heavy (non-hydrogen) atoms. The smallest absolute Gasteiger partial charge is 0.0686 e. The van der Waals surface area contributed by atoms with E-state index < -0.39 is 0 Å². The molecule has 0 saturated heterocycles. The van der Waals surface area contributed by atoms with E-state index in [1.807, 2.05) is 29.5 Å². The molecule has 0 aliphatic heterocycles. The lowest BCUT2D eigenvalue weighted by Gasteiger charge is -2.19. The molecule has 1 nitrogen and oxygen atoms in total. The molecule has 1 aromatic carbocycles. The number of benzene rings is 1. The maximum Gasteiger partial charge on any atom is 0.0686 e. The Morgan fingerprint density at radius 2 is 1.95 bits per heavy atom. The normalized spacial score (nSPS) is 12.6. The standard InChI is InChI=1S/C16H19Cl2NS/c1-3-10-19-16(14-9-8-11(4-2)20-14)12-6-5-7-13(17)15(12)18/h5-9,16,19H,3-4,10H2,1-2H3. The van der Waals surface area contributed by atoms with Crippen molar-refractivity contribution in [3.05, 3.63) is 55.7 Å². The van der Waals surface area contributed by atoms with Gasteiger partial charge in [0.05, 0.1) is 16.1 Å². The minimum atomic E-state index is 0.117. The molecule has 0 radical (unpaired) electrons. The van der Waals surface area contributed by atoms with Gasteiger partial charge in [-0.1, -0.05) is 49.2 Å². The predicted molar refractivity (Wildman–Crippen MR) is 90.3 cm³/mol. The summed E-state index contributed by atoms with van der Waals surface area (Å²) in [6, 6.07) is 10.3. The first-order valence-corrected chi connectivity index (χ1v) is 8.50. The number of aryl methyl sites for hydroxylation is 1. The molecule has 1 unspecified atom stereocenters. The van der Waals surface area contributed by atoms with Crippen LogP contribution in [0, 0.1) is 0 Å². The molecule has 0 fully saturated rings. The minimum absolute atomic E-state index is 0.117. The van der Waals surface area contributed by atoms with Crippen molar-refractivity contribution in [2.45, 2.75) is 32.7 Å². The van der Waals surface area contributed by atoms with Gasteiger partial charge in [-0.3, -0.25) is 0 Å². The molecular formula is C16H19Cl2NS. The van der Waals surface area contributed by atoms with E-state index in [4.69, 9.17) is 23.2 Å². The molecule has 1 aromatic heterocycles. The van der Waals surface area contributed by atoms with Gasteiger partial charge < -0.3 is 5.32 Å². The van der Waals surface area contributed by atoms with Gasteiger partial charge in [0, 0.05) is 9.75 Å². The van der Waals surface area contributed by atoms with Crippen LogP contribution in [0.15, 0.2) is 30.3 Å². The Balaban J connectivity index is 2.38. The van der Waals surface area contributed by atoms with E-state index >= 15 is 0 Å². The topological polar surface area (TPSA) is 12.0 Å². The Kier molecular flexibility index (Phi) is 5.91. The maximum atomic E-state index is 6.39. The third kappa shape index (κ3) is 3.56. The molecule has 1 atom stereocenters. The van der Waals surface area contributed by atoms with E-state index in [2.05, 4.69) is 31.3 Å². The van der Waals surface area contributed by atoms with Gasteiger partial charge in [0.15, 0.2) is 0 Å². The summed E-state index contributed by atoms with van der Waals surface area (Å²) in [4.78, 5) is 2.68. The van der Waals surface area contributed by atoms with Crippen LogP contribution in [0.3, 0.4) is 0 Å². The monoisotopic (exact) mass is 327 g/mol. The number of hydrogen-bond acceptors (Lipinski definition) is 2. The van der Waals surface area contributed by atoms with Crippen LogP contribution in [-0.2, 0) is 6.42 Å². The van der Waals surface area contributed by atoms with Crippen molar-refractivity contribution in [3.63, 3.8) is 0 Å². The van der Waals surface area contributed by atoms with Crippen molar-refractivity contribution in [2.24, 2.45) is 0 Å². The fraction of sp³-hybridized carbons (Fsp3) is 0.375. The summed E-state index contributed by atoms with van der Waals surface area (Å²) in [6.45, 7) is 5.29. The van der Waals surface area contributed by atoms with Crippen LogP contribution in [0.1, 0.15) is 41.6 Å². The molecule has 0 amide bonds. The molecule has 1 N–H and O–H groups in total. The van der Waals surface area contributed by atoms with Gasteiger partial charge in [-0.05, 0) is 43.1 Å². The Morgan fingerprint density at radius 1 is 1.15 bits per heavy atom. The Labute approximate surface area is 134 Å². The summed E-state index contributed by atoms with van der Waals surface area (Å²) >= 11 is 14.4. The third-order valence-corrected chi connectivity index (χ3v) is 5.33. The van der Waals surface area contributed by atoms with Gasteiger partial charge in [-0.25, -0.2) is 0 Å². The molecule has 2 aromatic rings. The zero-order chi connectivity index (χ0) is 14.5. The second-order valence-corrected chi connectivity index (χ2v) is 6.67. The minimum Gasteiger partial charge on any atom is -0.306 e. The highest BCUT2D eigenvalue weighted by Crippen LogP contribution is 2.35. The zero-order valence-electron chi connectivity index (χ0n) is 11.7. The number of rotatable bonds is 6. The van der Waals surface area contributed by atoms with Crippen LogP contribution in [-0.4, -0.2) is 6.54 Å². The molecule has 108 valence electrons. The van der Waals surface area contributed by atoms with Crippen LogP contribution < -0.4 is 5.32 Å². The first-order valence-electron chi connectivity index (χ1n) is 6.93. The highest BCUT2D eigenvalue weighted by atomic mass is 35.5. The molecule has 4 heteroatoms. The summed E-state index contributed by atoms with van der Waals surface area (Å²) < 4.78 is 0. The molecule has 1 heterocycles. The quantitative estimate of drug-likeness (QED) is 0.716. The fourth-order valence-electron chi connectivity index (χ4n) is 2.14. The van der Waals surface area contributed by atoms with Crippen molar-refractivity contribution in [2.75, 3.05) is 6.54 Å². The van der Waals surface area contributed by atoms with Crippen molar-refractivity contribution in [1.29, 1.82) is 0 Å². The summed E-state index contributed by atoms with van der Waals surface area (Å²) in [5.74, 6) is 0. The van der Waals surface area contributed by atoms with Crippen molar-refractivity contribution < 1.29 is 0 Å². The van der Waals surface area contributed by atoms with E-state index in [0.29, 0.717) is 10.0 Å². The first-order chi connectivity index (χ1) is 9.67. The first kappa shape index (κ1) is 15.8. The molecule has 2 rings (SSSR count). The molecule has 0 spiro atoms. The maximum absolute atomic E-state index is 6.39. The lowest BCUT2D eigenvalue weighted by atomic mass is 10.0. The van der Waals surface area contributed by atoms with Crippen molar-refractivity contribution in [3.8, 4) is 0 Å². The SMILES string of the molecule is CCCNC(c1ccc(CC)s1)c1cccc(Cl)c1Cl. The molecule has 0 bridgehead atoms. The number of halogens is 2. The summed E-state index contributed by atoms with van der Waals surface area (Å²) in [5, 5.41) is 4.83. The van der Waals surface area contributed by atoms with Gasteiger partial charge in [0.2, 0.25) is 0 Å². The van der Waals surface area contributed by atoms with Crippen LogP contribution >= 0.6 is 34.5 Å². The van der Waals surface area contributed by atoms with Gasteiger partial charge in [-0.2, -0.15) is 0 Å². The van der Waals surface area contributed by atoms with E-state index in [1.54, 1.807) is 0 Å². The summed E-state index contributed by atoms with van der Waals surface area (Å²) in [7, 11) is 0. The van der Waals surface area contributed by atoms with E-state index in [1.165, 1.54) is 9.75 Å². The molecule has 0 saturated carbocycles. The summed E-state index contributed by atoms with van der Waals surface area (Å²) in [6.07, 6.45) is 2.15. The van der Waals surface area contributed by atoms with Crippen LogP contribution in [0.5, 0.6) is 0 Å². The van der Waals surface area contributed by atoms with E-state index in [0.717, 1.165) is 24.9 Å². The highest BCUT2D eigenvalue weighted by Gasteiger charge is 2.19. The zero-order valence-corrected chi connectivity index (χ0v) is 14.1. The predicted octanol–water partition coefficient (Wildman–Crippen LogP) is 5.71. The fourth-order valence-corrected chi connectivity index (χ4v) is 3.60. The van der Waals surface area contributed by atoms with Crippen molar-refractivity contribution in [1.82, 2.24) is 5.32 Å². The number of hydrogen-bond donors (Lipinski definition) is 1. The molecule has 0 aliphatic carbocycles. The van der Waals surface area contributed by atoms with Gasteiger partial charge in [0.1, 0.15) is 0 Å². The Morgan fingerprint density at radius 3 is 2.60 bits per heavy atom. The van der Waals surface area contributed by atoms with E-state index in [-0.39, 0.29) is 6.04 Å². The average molecular weight is 328 g/mol. The number of nitrogens with one attached hydrogen (secondary N) is 1. The molecular weight excluding hydrogens is 309 g/mol. The number of thiophene rings is 1. The average Bonchev–Trinajstić information content (AvgIpc) is 2.92. The van der Waals surface area contributed by atoms with Crippen molar-refractivity contribution >= 4 is 34.5 Å². The van der Waals surface area contributed by atoms with Crippen LogP contribution in [0.4, 0.5) is 0 Å². The van der Waals surface area contributed by atoms with Crippen LogP contribution in [0.25, 0.3) is 0 Å². The van der Waals surface area contributed by atoms with Crippen LogP contribution in [0.2, 0.25) is 10.0 Å². The Hall–Kier alpha value is -0.540.